The summed E-state index contributed by atoms with van der Waals surface area (Å²) in [5.74, 6) is 1.66. The Morgan fingerprint density at radius 3 is 2.63 bits per heavy atom. The number of carbonyl (C=O) groups excluding carboxylic acids is 1. The van der Waals surface area contributed by atoms with E-state index in [0.717, 1.165) is 38.2 Å². The first-order valence-corrected chi connectivity index (χ1v) is 10.4. The molecule has 0 saturated carbocycles. The third-order valence-electron chi connectivity index (χ3n) is 4.72. The fraction of sp³-hybridized carbons (Fsp3) is 0.429. The number of Topliss-reactive ketones (excluding diaryl/α,β-unsaturated/α-hetero) is 1. The first kappa shape index (κ1) is 20.1. The van der Waals surface area contributed by atoms with E-state index in [4.69, 9.17) is 27.9 Å². The van der Waals surface area contributed by atoms with Gasteiger partial charge in [-0.25, -0.2) is 4.99 Å². The Morgan fingerprint density at radius 1 is 1.07 bits per heavy atom. The summed E-state index contributed by atoms with van der Waals surface area (Å²) in [5.41, 5.74) is 2.11. The molecule has 6 heteroatoms. The van der Waals surface area contributed by atoms with Gasteiger partial charge in [0.2, 0.25) is 0 Å². The highest BCUT2D eigenvalue weighted by atomic mass is 35.5. The second kappa shape index (κ2) is 10.1. The van der Waals surface area contributed by atoms with Crippen LogP contribution in [-0.4, -0.2) is 54.4 Å². The normalized spacial score (nSPS) is 18.0. The van der Waals surface area contributed by atoms with Gasteiger partial charge in [-0.15, -0.1) is 23.2 Å². The molecule has 1 unspecified atom stereocenters. The molecule has 0 aromatic heterocycles. The number of aliphatic imine (C=N–C) groups is 1. The zero-order chi connectivity index (χ0) is 19.1. The minimum Gasteiger partial charge on any atom is -0.492 e. The summed E-state index contributed by atoms with van der Waals surface area (Å²) < 4.78 is 5.97. The van der Waals surface area contributed by atoms with E-state index in [-0.39, 0.29) is 11.7 Å². The maximum absolute atomic E-state index is 12.7. The van der Waals surface area contributed by atoms with Gasteiger partial charge in [-0.3, -0.25) is 4.79 Å². The van der Waals surface area contributed by atoms with Crippen LogP contribution >= 0.6 is 23.2 Å². The van der Waals surface area contributed by atoms with Crippen LogP contribution in [0.15, 0.2) is 53.2 Å². The summed E-state index contributed by atoms with van der Waals surface area (Å²) in [7, 11) is 0. The van der Waals surface area contributed by atoms with E-state index in [1.54, 1.807) is 0 Å². The van der Waals surface area contributed by atoms with Crippen molar-refractivity contribution < 1.29 is 9.53 Å². The van der Waals surface area contributed by atoms with Gasteiger partial charge >= 0.3 is 0 Å². The zero-order valence-corrected chi connectivity index (χ0v) is 16.8. The Morgan fingerprint density at radius 2 is 1.85 bits per heavy atom. The molecule has 0 amide bonds. The number of carbonyl (C=O) groups is 1. The number of hydrogen-bond donors (Lipinski definition) is 0. The standard InChI is InChI=1S/C21H24Cl2N2O2/c22-10-13-25(14-11-23)12-3-4-15-27-19-9-5-7-17-20(19)24-18-8-2-1-6-16(18)21(17)26/h1-2,5-9,17H,3-4,10-15H2. The fourth-order valence-corrected chi connectivity index (χ4v) is 3.79. The summed E-state index contributed by atoms with van der Waals surface area (Å²) in [6.07, 6.45) is 7.59. The molecule has 1 aromatic rings. The second-order valence-corrected chi connectivity index (χ2v) is 7.30. The van der Waals surface area contributed by atoms with Crippen molar-refractivity contribution in [2.24, 2.45) is 10.9 Å². The van der Waals surface area contributed by atoms with Crippen molar-refractivity contribution in [1.29, 1.82) is 0 Å². The molecule has 0 fully saturated rings. The van der Waals surface area contributed by atoms with Gasteiger partial charge in [0.25, 0.3) is 0 Å². The molecule has 1 aromatic carbocycles. The van der Waals surface area contributed by atoms with Gasteiger partial charge in [0.05, 0.1) is 23.9 Å². The minimum atomic E-state index is -0.345. The molecular formula is C21H24Cl2N2O2. The number of para-hydroxylation sites is 1. The van der Waals surface area contributed by atoms with Gasteiger partial charge in [-0.1, -0.05) is 24.3 Å². The average Bonchev–Trinajstić information content (AvgIpc) is 2.68. The number of fused-ring (bicyclic) bond motifs is 2. The van der Waals surface area contributed by atoms with Crippen molar-refractivity contribution in [2.45, 2.75) is 12.8 Å². The molecule has 0 spiro atoms. The molecule has 144 valence electrons. The van der Waals surface area contributed by atoms with Gasteiger partial charge in [0, 0.05) is 30.4 Å². The molecule has 3 rings (SSSR count). The lowest BCUT2D eigenvalue weighted by Gasteiger charge is -2.25. The maximum atomic E-state index is 12.7. The highest BCUT2D eigenvalue weighted by Crippen LogP contribution is 2.33. The quantitative estimate of drug-likeness (QED) is 0.421. The molecule has 2 aliphatic rings. The number of benzene rings is 1. The predicted octanol–water partition coefficient (Wildman–Crippen LogP) is 4.60. The van der Waals surface area contributed by atoms with E-state index in [1.807, 2.05) is 42.5 Å². The highest BCUT2D eigenvalue weighted by Gasteiger charge is 2.33. The number of halogens is 2. The van der Waals surface area contributed by atoms with E-state index in [1.165, 1.54) is 0 Å². The van der Waals surface area contributed by atoms with Crippen molar-refractivity contribution in [3.05, 3.63) is 53.8 Å². The third-order valence-corrected chi connectivity index (χ3v) is 5.06. The van der Waals surface area contributed by atoms with Crippen molar-refractivity contribution in [2.75, 3.05) is 38.0 Å². The van der Waals surface area contributed by atoms with Crippen LogP contribution < -0.4 is 0 Å². The van der Waals surface area contributed by atoms with Crippen molar-refractivity contribution in [1.82, 2.24) is 4.90 Å². The van der Waals surface area contributed by atoms with Gasteiger partial charge in [-0.2, -0.15) is 0 Å². The topological polar surface area (TPSA) is 41.9 Å². The number of unbranched alkanes of at least 4 members (excludes halogenated alkanes) is 1. The number of hydrogen-bond acceptors (Lipinski definition) is 4. The summed E-state index contributed by atoms with van der Waals surface area (Å²) in [5, 5.41) is 0. The number of rotatable bonds is 10. The Bertz CT molecular complexity index is 752. The molecule has 1 aliphatic carbocycles. The molecule has 1 aliphatic heterocycles. The lowest BCUT2D eigenvalue weighted by Crippen LogP contribution is -2.30. The molecule has 0 radical (unpaired) electrons. The molecule has 1 heterocycles. The number of nitrogens with zero attached hydrogens (tertiary/aromatic N) is 2. The molecule has 1 atom stereocenters. The van der Waals surface area contributed by atoms with Crippen LogP contribution in [0.1, 0.15) is 23.2 Å². The Balaban J connectivity index is 1.55. The SMILES string of the molecule is O=C1c2ccccc2N=C2C(OCCCCN(CCCl)CCCl)=CC=CC12. The summed E-state index contributed by atoms with van der Waals surface area (Å²) in [6.45, 7) is 3.25. The van der Waals surface area contributed by atoms with Crippen molar-refractivity contribution >= 4 is 40.4 Å². The lowest BCUT2D eigenvalue weighted by molar-refractivity contribution is 0.0968. The molecule has 0 N–H and O–H groups in total. The lowest BCUT2D eigenvalue weighted by atomic mass is 9.86. The van der Waals surface area contributed by atoms with Crippen LogP contribution in [0.2, 0.25) is 0 Å². The van der Waals surface area contributed by atoms with E-state index >= 15 is 0 Å². The van der Waals surface area contributed by atoms with Crippen LogP contribution in [0.25, 0.3) is 0 Å². The van der Waals surface area contributed by atoms with Crippen LogP contribution in [0.4, 0.5) is 5.69 Å². The smallest absolute Gasteiger partial charge is 0.178 e. The molecular weight excluding hydrogens is 383 g/mol. The fourth-order valence-electron chi connectivity index (χ4n) is 3.31. The molecule has 0 saturated heterocycles. The molecule has 0 bridgehead atoms. The second-order valence-electron chi connectivity index (χ2n) is 6.55. The van der Waals surface area contributed by atoms with Crippen LogP contribution in [0.5, 0.6) is 0 Å². The third kappa shape index (κ3) is 5.01. The van der Waals surface area contributed by atoms with E-state index in [0.29, 0.717) is 35.4 Å². The maximum Gasteiger partial charge on any atom is 0.178 e. The Hall–Kier alpha value is -1.62. The summed E-state index contributed by atoms with van der Waals surface area (Å²) in [6, 6.07) is 7.47. The van der Waals surface area contributed by atoms with Crippen LogP contribution in [-0.2, 0) is 4.74 Å². The van der Waals surface area contributed by atoms with E-state index in [9.17, 15) is 4.79 Å². The highest BCUT2D eigenvalue weighted by molar-refractivity contribution is 6.24. The van der Waals surface area contributed by atoms with Gasteiger partial charge in [0.1, 0.15) is 5.76 Å². The van der Waals surface area contributed by atoms with Gasteiger partial charge in [-0.05, 0) is 37.6 Å². The Labute approximate surface area is 170 Å². The molecule has 4 nitrogen and oxygen atoms in total. The number of allylic oxidation sites excluding steroid dienone is 4. The van der Waals surface area contributed by atoms with Crippen LogP contribution in [0.3, 0.4) is 0 Å². The minimum absolute atomic E-state index is 0.0823. The Kier molecular flexibility index (Phi) is 7.50. The van der Waals surface area contributed by atoms with Gasteiger partial charge in [0.15, 0.2) is 5.78 Å². The number of ketones is 1. The summed E-state index contributed by atoms with van der Waals surface area (Å²) >= 11 is 11.6. The first-order chi connectivity index (χ1) is 13.2. The largest absolute Gasteiger partial charge is 0.492 e. The molecule has 27 heavy (non-hydrogen) atoms. The van der Waals surface area contributed by atoms with E-state index < -0.39 is 0 Å². The van der Waals surface area contributed by atoms with Crippen molar-refractivity contribution in [3.8, 4) is 0 Å². The predicted molar refractivity (Wildman–Crippen MR) is 112 cm³/mol. The zero-order valence-electron chi connectivity index (χ0n) is 15.2. The monoisotopic (exact) mass is 406 g/mol. The first-order valence-electron chi connectivity index (χ1n) is 9.32. The van der Waals surface area contributed by atoms with Gasteiger partial charge < -0.3 is 9.64 Å². The number of ether oxygens (including phenoxy) is 1. The van der Waals surface area contributed by atoms with E-state index in [2.05, 4.69) is 9.89 Å². The average molecular weight is 407 g/mol. The summed E-state index contributed by atoms with van der Waals surface area (Å²) in [4.78, 5) is 19.7. The van der Waals surface area contributed by atoms with Crippen molar-refractivity contribution in [3.63, 3.8) is 0 Å². The van der Waals surface area contributed by atoms with Crippen LogP contribution in [0, 0.1) is 5.92 Å². The number of alkyl halides is 2.